The molecule has 0 rings (SSSR count). The monoisotopic (exact) mass is 180 g/mol. The summed E-state index contributed by atoms with van der Waals surface area (Å²) in [5.41, 5.74) is 6.72. The van der Waals surface area contributed by atoms with E-state index < -0.39 is 0 Å². The minimum Gasteiger partial charge on any atom is -0.385 e. The van der Waals surface area contributed by atoms with Crippen molar-refractivity contribution in [1.29, 1.82) is 0 Å². The molecule has 3 N–H and O–H groups in total. The van der Waals surface area contributed by atoms with Crippen LogP contribution >= 0.6 is 0 Å². The summed E-state index contributed by atoms with van der Waals surface area (Å²) in [6.45, 7) is 8.36. The Balaban J connectivity index is 3.97. The fourth-order valence-electron chi connectivity index (χ4n) is 0.980. The number of hydrogen-bond donors (Lipinski definition) is 2. The molecule has 0 aromatic heterocycles. The van der Waals surface area contributed by atoms with Gasteiger partial charge in [-0.1, -0.05) is 18.2 Å². The molecule has 0 spiro atoms. The van der Waals surface area contributed by atoms with Crippen molar-refractivity contribution in [3.8, 4) is 0 Å². The Morgan fingerprint density at radius 1 is 1.62 bits per heavy atom. The predicted octanol–water partition coefficient (Wildman–Crippen LogP) is 1.96. The lowest BCUT2D eigenvalue weighted by Crippen LogP contribution is -2.19. The van der Waals surface area contributed by atoms with Crippen LogP contribution in [0.25, 0.3) is 0 Å². The molecule has 0 fully saturated rings. The van der Waals surface area contributed by atoms with Gasteiger partial charge in [0.05, 0.1) is 0 Å². The van der Waals surface area contributed by atoms with E-state index in [1.165, 1.54) is 5.57 Å². The highest BCUT2D eigenvalue weighted by atomic mass is 14.9. The molecule has 74 valence electrons. The average molecular weight is 180 g/mol. The lowest BCUT2D eigenvalue weighted by atomic mass is 10.2. The Labute approximate surface area is 81.2 Å². The van der Waals surface area contributed by atoms with Crippen LogP contribution in [0.15, 0.2) is 36.6 Å². The summed E-state index contributed by atoms with van der Waals surface area (Å²) in [7, 11) is 0. The number of nitrogens with two attached hydrogens (primary N) is 1. The Bertz CT molecular complexity index is 192. The van der Waals surface area contributed by atoms with Gasteiger partial charge in [0.15, 0.2) is 0 Å². The van der Waals surface area contributed by atoms with E-state index in [-0.39, 0.29) is 0 Å². The molecule has 1 unspecified atom stereocenters. The van der Waals surface area contributed by atoms with Crippen molar-refractivity contribution in [2.45, 2.75) is 26.3 Å². The van der Waals surface area contributed by atoms with Gasteiger partial charge in [0.1, 0.15) is 0 Å². The third-order valence-electron chi connectivity index (χ3n) is 1.70. The van der Waals surface area contributed by atoms with Crippen LogP contribution in [0.2, 0.25) is 0 Å². The van der Waals surface area contributed by atoms with Crippen LogP contribution in [0.3, 0.4) is 0 Å². The molecule has 2 heteroatoms. The molecular weight excluding hydrogens is 160 g/mol. The Morgan fingerprint density at radius 3 is 2.77 bits per heavy atom. The highest BCUT2D eigenvalue weighted by molar-refractivity contribution is 5.08. The van der Waals surface area contributed by atoms with Crippen LogP contribution in [0.4, 0.5) is 0 Å². The third kappa shape index (κ3) is 6.17. The second kappa shape index (κ2) is 7.62. The third-order valence-corrected chi connectivity index (χ3v) is 1.70. The molecule has 0 aromatic rings. The van der Waals surface area contributed by atoms with Crippen LogP contribution in [0.1, 0.15) is 20.3 Å². The van der Waals surface area contributed by atoms with Gasteiger partial charge in [0, 0.05) is 12.6 Å². The van der Waals surface area contributed by atoms with E-state index in [9.17, 15) is 0 Å². The van der Waals surface area contributed by atoms with Gasteiger partial charge in [-0.2, -0.15) is 0 Å². The maximum Gasteiger partial charge on any atom is 0.0410 e. The van der Waals surface area contributed by atoms with E-state index in [1.54, 1.807) is 0 Å². The summed E-state index contributed by atoms with van der Waals surface area (Å²) < 4.78 is 0. The highest BCUT2D eigenvalue weighted by Gasteiger charge is 1.93. The predicted molar refractivity (Wildman–Crippen MR) is 59.4 cm³/mol. The normalized spacial score (nSPS) is 14.5. The van der Waals surface area contributed by atoms with Crippen LogP contribution in [-0.2, 0) is 0 Å². The van der Waals surface area contributed by atoms with Gasteiger partial charge in [-0.15, -0.1) is 6.58 Å². The van der Waals surface area contributed by atoms with Crippen molar-refractivity contribution in [1.82, 2.24) is 5.32 Å². The molecule has 0 radical (unpaired) electrons. The number of rotatable bonds is 6. The van der Waals surface area contributed by atoms with E-state index in [4.69, 9.17) is 5.73 Å². The molecule has 1 atom stereocenters. The smallest absolute Gasteiger partial charge is 0.0410 e. The second-order valence-electron chi connectivity index (χ2n) is 2.98. The van der Waals surface area contributed by atoms with Crippen molar-refractivity contribution >= 4 is 0 Å². The molecule has 0 aliphatic carbocycles. The quantitative estimate of drug-likeness (QED) is 0.613. The van der Waals surface area contributed by atoms with Crippen LogP contribution in [0.5, 0.6) is 0 Å². The molecular formula is C11H20N2. The van der Waals surface area contributed by atoms with Gasteiger partial charge in [0.25, 0.3) is 0 Å². The van der Waals surface area contributed by atoms with Crippen molar-refractivity contribution < 1.29 is 0 Å². The van der Waals surface area contributed by atoms with Gasteiger partial charge < -0.3 is 11.1 Å². The lowest BCUT2D eigenvalue weighted by Gasteiger charge is -2.08. The van der Waals surface area contributed by atoms with Gasteiger partial charge in [-0.3, -0.25) is 0 Å². The van der Waals surface area contributed by atoms with Crippen molar-refractivity contribution in [3.05, 3.63) is 36.6 Å². The molecule has 0 saturated carbocycles. The topological polar surface area (TPSA) is 38.0 Å². The van der Waals surface area contributed by atoms with E-state index in [1.807, 2.05) is 25.3 Å². The zero-order chi connectivity index (χ0) is 10.1. The Kier molecular flexibility index (Phi) is 7.02. The molecule has 0 bridgehead atoms. The number of nitrogens with one attached hydrogen (secondary N) is 1. The largest absolute Gasteiger partial charge is 0.385 e. The van der Waals surface area contributed by atoms with Crippen molar-refractivity contribution in [2.24, 2.45) is 5.73 Å². The molecule has 0 saturated heterocycles. The maximum atomic E-state index is 5.54. The first-order valence-electron chi connectivity index (χ1n) is 4.62. The van der Waals surface area contributed by atoms with Gasteiger partial charge in [-0.25, -0.2) is 0 Å². The summed E-state index contributed by atoms with van der Waals surface area (Å²) in [5.74, 6) is 0. The van der Waals surface area contributed by atoms with E-state index in [2.05, 4.69) is 24.9 Å². The Morgan fingerprint density at radius 2 is 2.31 bits per heavy atom. The zero-order valence-electron chi connectivity index (χ0n) is 8.59. The van der Waals surface area contributed by atoms with Gasteiger partial charge >= 0.3 is 0 Å². The molecule has 0 aliphatic heterocycles. The van der Waals surface area contributed by atoms with Crippen LogP contribution in [0, 0.1) is 0 Å². The van der Waals surface area contributed by atoms with Gasteiger partial charge in [-0.05, 0) is 32.0 Å². The fraction of sp³-hybridized carbons (Fsp3) is 0.455. The summed E-state index contributed by atoms with van der Waals surface area (Å²) in [6.07, 6.45) is 8.82. The zero-order valence-corrected chi connectivity index (χ0v) is 8.59. The minimum absolute atomic E-state index is 0.358. The first-order valence-corrected chi connectivity index (χ1v) is 4.62. The molecule has 0 aliphatic rings. The average Bonchev–Trinajstić information content (AvgIpc) is 2.12. The molecule has 0 amide bonds. The number of allylic oxidation sites excluding steroid dienone is 2. The maximum absolute atomic E-state index is 5.54. The summed E-state index contributed by atoms with van der Waals surface area (Å²) in [6, 6.07) is 0.358. The second-order valence-corrected chi connectivity index (χ2v) is 2.98. The summed E-state index contributed by atoms with van der Waals surface area (Å²) in [4.78, 5) is 0. The van der Waals surface area contributed by atoms with E-state index in [0.717, 1.165) is 6.42 Å². The molecule has 0 aromatic carbocycles. The first-order chi connectivity index (χ1) is 6.24. The molecule has 13 heavy (non-hydrogen) atoms. The Hall–Kier alpha value is -1.02. The van der Waals surface area contributed by atoms with Crippen molar-refractivity contribution in [3.63, 3.8) is 0 Å². The highest BCUT2D eigenvalue weighted by Crippen LogP contribution is 1.98. The van der Waals surface area contributed by atoms with Gasteiger partial charge in [0.2, 0.25) is 0 Å². The SMILES string of the molecule is C=CC/C(=C\NC(C)/C=C\C)CN. The van der Waals surface area contributed by atoms with E-state index >= 15 is 0 Å². The van der Waals surface area contributed by atoms with E-state index in [0.29, 0.717) is 12.6 Å². The number of hydrogen-bond acceptors (Lipinski definition) is 2. The fourth-order valence-corrected chi connectivity index (χ4v) is 0.980. The standard InChI is InChI=1S/C11H20N2/c1-4-6-10(3)13-9-11(8-12)7-5-2/h4-6,9-10,13H,2,7-8,12H2,1,3H3/b6-4-,11-9+. The molecule has 0 heterocycles. The molecule has 2 nitrogen and oxygen atoms in total. The summed E-state index contributed by atoms with van der Waals surface area (Å²) >= 11 is 0. The summed E-state index contributed by atoms with van der Waals surface area (Å²) in [5, 5.41) is 3.24. The first kappa shape index (κ1) is 12.0. The van der Waals surface area contributed by atoms with Crippen molar-refractivity contribution in [2.75, 3.05) is 6.54 Å². The minimum atomic E-state index is 0.358. The van der Waals surface area contributed by atoms with Crippen LogP contribution < -0.4 is 11.1 Å². The lowest BCUT2D eigenvalue weighted by molar-refractivity contribution is 0.757. The van der Waals surface area contributed by atoms with Crippen LogP contribution in [-0.4, -0.2) is 12.6 Å².